The van der Waals surface area contributed by atoms with E-state index in [2.05, 4.69) is 46.5 Å². The third kappa shape index (κ3) is 5.43. The fourth-order valence-corrected chi connectivity index (χ4v) is 3.11. The number of aromatic amines is 1. The van der Waals surface area contributed by atoms with E-state index in [0.717, 1.165) is 5.69 Å². The van der Waals surface area contributed by atoms with E-state index >= 15 is 0 Å². The first-order chi connectivity index (χ1) is 14.9. The van der Waals surface area contributed by atoms with Gasteiger partial charge in [0.25, 0.3) is 5.56 Å². The number of urea groups is 1. The predicted octanol–water partition coefficient (Wildman–Crippen LogP) is 4.76. The molecule has 1 aromatic carbocycles. The number of nitrogens with zero attached hydrogens (tertiary/aromatic N) is 3. The van der Waals surface area contributed by atoms with Gasteiger partial charge >= 0.3 is 6.03 Å². The van der Waals surface area contributed by atoms with Crippen LogP contribution in [0.4, 0.5) is 16.3 Å². The number of rotatable bonds is 4. The van der Waals surface area contributed by atoms with Gasteiger partial charge in [0, 0.05) is 28.9 Å². The minimum absolute atomic E-state index is 0.0353. The van der Waals surface area contributed by atoms with Crippen molar-refractivity contribution in [1.82, 2.24) is 19.7 Å². The van der Waals surface area contributed by atoms with Crippen molar-refractivity contribution in [1.29, 1.82) is 0 Å². The first-order valence-corrected chi connectivity index (χ1v) is 10.8. The maximum absolute atomic E-state index is 12.7. The lowest BCUT2D eigenvalue weighted by Crippen LogP contribution is -2.23. The van der Waals surface area contributed by atoms with Crippen molar-refractivity contribution in [2.24, 2.45) is 0 Å². The summed E-state index contributed by atoms with van der Waals surface area (Å²) in [5.74, 6) is 0.671. The number of amides is 2. The molecule has 3 aromatic rings. The van der Waals surface area contributed by atoms with Gasteiger partial charge in [0.1, 0.15) is 5.82 Å². The second-order valence-electron chi connectivity index (χ2n) is 9.90. The molecule has 2 heterocycles. The lowest BCUT2D eigenvalue weighted by molar-refractivity contribution is 0.262. The quantitative estimate of drug-likeness (QED) is 0.548. The number of hydrogen-bond acceptors (Lipinski definition) is 4. The summed E-state index contributed by atoms with van der Waals surface area (Å²) in [5, 5.41) is 10.3. The third-order valence-corrected chi connectivity index (χ3v) is 5.07. The SMILES string of the molecule is CCc1cc(=O)[nH]c(-n2nc(C(C)(C)C)cc2NC(=O)Nc2ccc(C(C)(C)C)cc2)n1. The maximum Gasteiger partial charge on any atom is 0.324 e. The van der Waals surface area contributed by atoms with Gasteiger partial charge in [0.05, 0.1) is 5.69 Å². The fraction of sp³-hybridized carbons (Fsp3) is 0.417. The van der Waals surface area contributed by atoms with E-state index in [9.17, 15) is 9.59 Å². The number of anilines is 2. The second-order valence-corrected chi connectivity index (χ2v) is 9.90. The Morgan fingerprint density at radius 2 is 1.66 bits per heavy atom. The number of nitrogens with one attached hydrogen (secondary N) is 3. The predicted molar refractivity (Wildman–Crippen MR) is 128 cm³/mol. The Hall–Kier alpha value is -3.42. The van der Waals surface area contributed by atoms with Crippen LogP contribution in [0, 0.1) is 0 Å². The number of aryl methyl sites for hydroxylation is 1. The lowest BCUT2D eigenvalue weighted by atomic mass is 9.87. The topological polar surface area (TPSA) is 105 Å². The molecular weight excluding hydrogens is 404 g/mol. The van der Waals surface area contributed by atoms with E-state index < -0.39 is 6.03 Å². The summed E-state index contributed by atoms with van der Waals surface area (Å²) in [4.78, 5) is 32.0. The highest BCUT2D eigenvalue weighted by Crippen LogP contribution is 2.26. The molecule has 2 aromatic heterocycles. The number of carbonyl (C=O) groups excluding carboxylic acids is 1. The molecule has 0 saturated heterocycles. The molecule has 8 nitrogen and oxygen atoms in total. The van der Waals surface area contributed by atoms with Gasteiger partial charge in [0.15, 0.2) is 0 Å². The Bertz CT molecular complexity index is 1160. The van der Waals surface area contributed by atoms with Crippen LogP contribution < -0.4 is 16.2 Å². The van der Waals surface area contributed by atoms with E-state index in [-0.39, 0.29) is 22.3 Å². The first kappa shape index (κ1) is 23.2. The molecule has 0 aliphatic rings. The van der Waals surface area contributed by atoms with Crippen molar-refractivity contribution in [3.05, 3.63) is 63.7 Å². The molecule has 3 rings (SSSR count). The summed E-state index contributed by atoms with van der Waals surface area (Å²) in [6, 6.07) is 10.6. The van der Waals surface area contributed by atoms with Crippen LogP contribution in [0.15, 0.2) is 41.2 Å². The Morgan fingerprint density at radius 1 is 1.00 bits per heavy atom. The van der Waals surface area contributed by atoms with Crippen molar-refractivity contribution in [3.63, 3.8) is 0 Å². The normalized spacial score (nSPS) is 12.0. The number of hydrogen-bond donors (Lipinski definition) is 3. The van der Waals surface area contributed by atoms with Crippen LogP contribution in [-0.4, -0.2) is 25.8 Å². The van der Waals surface area contributed by atoms with Gasteiger partial charge < -0.3 is 5.32 Å². The summed E-state index contributed by atoms with van der Waals surface area (Å²) in [5.41, 5.74) is 2.77. The average molecular weight is 437 g/mol. The zero-order valence-electron chi connectivity index (χ0n) is 19.8. The van der Waals surface area contributed by atoms with Crippen molar-refractivity contribution in [3.8, 4) is 5.95 Å². The van der Waals surface area contributed by atoms with Gasteiger partial charge in [-0.05, 0) is 29.5 Å². The van der Waals surface area contributed by atoms with Crippen molar-refractivity contribution < 1.29 is 4.79 Å². The average Bonchev–Trinajstić information content (AvgIpc) is 3.11. The van der Waals surface area contributed by atoms with Crippen LogP contribution in [0.5, 0.6) is 0 Å². The van der Waals surface area contributed by atoms with Crippen LogP contribution in [-0.2, 0) is 17.3 Å². The minimum Gasteiger partial charge on any atom is -0.308 e. The zero-order chi connectivity index (χ0) is 23.7. The number of aromatic nitrogens is 4. The Morgan fingerprint density at radius 3 is 2.22 bits per heavy atom. The third-order valence-electron chi connectivity index (χ3n) is 5.07. The lowest BCUT2D eigenvalue weighted by Gasteiger charge is -2.19. The molecule has 0 aliphatic heterocycles. The molecule has 0 radical (unpaired) electrons. The summed E-state index contributed by atoms with van der Waals surface area (Å²) in [6.07, 6.45) is 0.609. The van der Waals surface area contributed by atoms with Crippen LogP contribution >= 0.6 is 0 Å². The van der Waals surface area contributed by atoms with Gasteiger partial charge in [-0.1, -0.05) is 60.6 Å². The summed E-state index contributed by atoms with van der Waals surface area (Å²) in [7, 11) is 0. The van der Waals surface area contributed by atoms with Crippen LogP contribution in [0.25, 0.3) is 5.95 Å². The number of benzene rings is 1. The Balaban J connectivity index is 1.90. The second kappa shape index (κ2) is 8.61. The summed E-state index contributed by atoms with van der Waals surface area (Å²) >= 11 is 0. The van der Waals surface area contributed by atoms with E-state index in [1.165, 1.54) is 16.3 Å². The molecule has 0 atom stereocenters. The Labute approximate surface area is 188 Å². The highest BCUT2D eigenvalue weighted by Gasteiger charge is 2.22. The molecular formula is C24H32N6O2. The zero-order valence-corrected chi connectivity index (χ0v) is 19.8. The Kier molecular flexibility index (Phi) is 6.25. The highest BCUT2D eigenvalue weighted by atomic mass is 16.2. The molecule has 3 N–H and O–H groups in total. The van der Waals surface area contributed by atoms with Crippen molar-refractivity contribution >= 4 is 17.5 Å². The van der Waals surface area contributed by atoms with E-state index in [1.807, 2.05) is 52.0 Å². The molecule has 170 valence electrons. The molecule has 0 spiro atoms. The molecule has 0 saturated carbocycles. The molecule has 32 heavy (non-hydrogen) atoms. The van der Waals surface area contributed by atoms with Gasteiger partial charge in [-0.15, -0.1) is 0 Å². The van der Waals surface area contributed by atoms with Crippen LogP contribution in [0.1, 0.15) is 65.4 Å². The van der Waals surface area contributed by atoms with E-state index in [4.69, 9.17) is 0 Å². The highest BCUT2D eigenvalue weighted by molar-refractivity contribution is 5.99. The van der Waals surface area contributed by atoms with E-state index in [0.29, 0.717) is 23.6 Å². The largest absolute Gasteiger partial charge is 0.324 e. The van der Waals surface area contributed by atoms with E-state index in [1.54, 1.807) is 6.07 Å². The maximum atomic E-state index is 12.7. The van der Waals surface area contributed by atoms with Gasteiger partial charge in [-0.2, -0.15) is 9.78 Å². The number of H-pyrrole nitrogens is 1. The smallest absolute Gasteiger partial charge is 0.308 e. The van der Waals surface area contributed by atoms with Gasteiger partial charge in [-0.25, -0.2) is 9.78 Å². The first-order valence-electron chi connectivity index (χ1n) is 10.8. The molecule has 0 fully saturated rings. The summed E-state index contributed by atoms with van der Waals surface area (Å²) in [6.45, 7) is 14.4. The van der Waals surface area contributed by atoms with Crippen molar-refractivity contribution in [2.75, 3.05) is 10.6 Å². The van der Waals surface area contributed by atoms with Crippen molar-refractivity contribution in [2.45, 2.75) is 65.7 Å². The van der Waals surface area contributed by atoms with Crippen LogP contribution in [0.3, 0.4) is 0 Å². The molecule has 8 heteroatoms. The summed E-state index contributed by atoms with van der Waals surface area (Å²) < 4.78 is 1.46. The fourth-order valence-electron chi connectivity index (χ4n) is 3.11. The molecule has 0 unspecified atom stereocenters. The molecule has 0 bridgehead atoms. The molecule has 0 aliphatic carbocycles. The standard InChI is InChI=1S/C24H32N6O2/c1-8-16-13-20(31)28-21(25-16)30-19(14-18(29-30)24(5,6)7)27-22(32)26-17-11-9-15(10-12-17)23(2,3)4/h9-14H,8H2,1-7H3,(H,25,28,31)(H2,26,27,32). The minimum atomic E-state index is -0.413. The van der Waals surface area contributed by atoms with Gasteiger partial charge in [0.2, 0.25) is 5.95 Å². The van der Waals surface area contributed by atoms with Crippen LogP contribution in [0.2, 0.25) is 0 Å². The monoisotopic (exact) mass is 436 g/mol. The number of carbonyl (C=O) groups is 1. The van der Waals surface area contributed by atoms with Gasteiger partial charge in [-0.3, -0.25) is 15.1 Å². The molecule has 2 amide bonds.